The average molecular weight is 656 g/mol. The maximum atomic E-state index is 14.1. The molecule has 3 aromatic heterocycles. The van der Waals surface area contributed by atoms with Crippen LogP contribution in [-0.4, -0.2) is 54.1 Å². The molecule has 13 nitrogen and oxygen atoms in total. The zero-order valence-electron chi connectivity index (χ0n) is 27.7. The van der Waals surface area contributed by atoms with Crippen molar-refractivity contribution in [2.24, 2.45) is 5.41 Å². The van der Waals surface area contributed by atoms with Crippen LogP contribution in [0.5, 0.6) is 5.75 Å². The molecule has 0 spiro atoms. The molecule has 48 heavy (non-hydrogen) atoms. The average Bonchev–Trinajstić information content (AvgIpc) is 3.45. The van der Waals surface area contributed by atoms with Gasteiger partial charge in [-0.25, -0.2) is 4.68 Å². The molecule has 3 heterocycles. The second kappa shape index (κ2) is 13.3. The fourth-order valence-electron chi connectivity index (χ4n) is 4.95. The van der Waals surface area contributed by atoms with Crippen LogP contribution in [0.1, 0.15) is 70.4 Å². The standard InChI is InChI=1S/C35H37N5O8/c1-33(2,3)46-31(43)35(32(44)47-34(4,5)6,15-17-40-30(42)24-11-7-8-12-26(24)37-39-40)19-27(41)29-25-14-13-23(18-28(25)48-38-29)45-21-22-10-9-16-36-20-22/h7-14,16,18,20H,15,17,19,21H2,1-6H3. The van der Waals surface area contributed by atoms with Crippen molar-refractivity contribution >= 4 is 39.6 Å². The maximum Gasteiger partial charge on any atom is 0.324 e. The number of pyridine rings is 1. The van der Waals surface area contributed by atoms with Crippen LogP contribution in [0.2, 0.25) is 0 Å². The summed E-state index contributed by atoms with van der Waals surface area (Å²) in [6.07, 6.45) is 2.31. The molecule has 0 unspecified atom stereocenters. The molecule has 0 amide bonds. The Bertz CT molecular complexity index is 1990. The minimum atomic E-state index is -2.19. The van der Waals surface area contributed by atoms with Gasteiger partial charge in [-0.3, -0.25) is 24.2 Å². The lowest BCUT2D eigenvalue weighted by atomic mass is 9.78. The van der Waals surface area contributed by atoms with Gasteiger partial charge < -0.3 is 18.7 Å². The summed E-state index contributed by atoms with van der Waals surface area (Å²) in [5.74, 6) is -2.18. The molecule has 13 heteroatoms. The summed E-state index contributed by atoms with van der Waals surface area (Å²) < 4.78 is 23.8. The summed E-state index contributed by atoms with van der Waals surface area (Å²) in [5.41, 5.74) is -3.30. The van der Waals surface area contributed by atoms with Gasteiger partial charge in [-0.1, -0.05) is 28.6 Å². The van der Waals surface area contributed by atoms with Gasteiger partial charge >= 0.3 is 11.9 Å². The van der Waals surface area contributed by atoms with Gasteiger partial charge in [0, 0.05) is 37.0 Å². The molecule has 0 aliphatic carbocycles. The number of aryl methyl sites for hydroxylation is 1. The van der Waals surface area contributed by atoms with E-state index in [-0.39, 0.29) is 30.8 Å². The van der Waals surface area contributed by atoms with Gasteiger partial charge in [0.1, 0.15) is 29.1 Å². The minimum Gasteiger partial charge on any atom is -0.489 e. The van der Waals surface area contributed by atoms with Crippen molar-refractivity contribution < 1.29 is 33.1 Å². The van der Waals surface area contributed by atoms with Crippen molar-refractivity contribution in [3.63, 3.8) is 0 Å². The number of Topliss-reactive ketones (excluding diaryl/α,β-unsaturated/α-hetero) is 1. The number of ketones is 1. The minimum absolute atomic E-state index is 0.0945. The van der Waals surface area contributed by atoms with E-state index in [4.69, 9.17) is 18.7 Å². The SMILES string of the molecule is CC(C)(C)OC(=O)C(CCn1nnc2ccccc2c1=O)(CC(=O)c1noc2cc(OCc3cccnc3)ccc12)C(=O)OC(C)(C)C. The van der Waals surface area contributed by atoms with E-state index in [2.05, 4.69) is 20.5 Å². The topological polar surface area (TPSA) is 166 Å². The molecular formula is C35H37N5O8. The third-order valence-corrected chi connectivity index (χ3v) is 7.26. The molecule has 0 radical (unpaired) electrons. The summed E-state index contributed by atoms with van der Waals surface area (Å²) in [6.45, 7) is 9.87. The number of aromatic nitrogens is 5. The second-order valence-electron chi connectivity index (χ2n) is 13.4. The number of carbonyl (C=O) groups is 3. The van der Waals surface area contributed by atoms with Crippen molar-refractivity contribution in [3.8, 4) is 5.75 Å². The van der Waals surface area contributed by atoms with Crippen LogP contribution in [0.3, 0.4) is 0 Å². The Kier molecular flexibility index (Phi) is 9.42. The first-order valence-corrected chi connectivity index (χ1v) is 15.4. The maximum absolute atomic E-state index is 14.1. The Morgan fingerprint density at radius 3 is 2.25 bits per heavy atom. The molecule has 5 aromatic rings. The first-order valence-electron chi connectivity index (χ1n) is 15.4. The first-order chi connectivity index (χ1) is 22.6. The van der Waals surface area contributed by atoms with Crippen LogP contribution < -0.4 is 10.3 Å². The zero-order valence-corrected chi connectivity index (χ0v) is 27.7. The number of hydrogen-bond donors (Lipinski definition) is 0. The number of rotatable bonds is 11. The van der Waals surface area contributed by atoms with Gasteiger partial charge in [0.15, 0.2) is 22.5 Å². The van der Waals surface area contributed by atoms with Crippen LogP contribution in [0.4, 0.5) is 0 Å². The molecule has 0 saturated heterocycles. The Morgan fingerprint density at radius 2 is 1.58 bits per heavy atom. The van der Waals surface area contributed by atoms with E-state index < -0.39 is 46.3 Å². The van der Waals surface area contributed by atoms with Gasteiger partial charge in [-0.2, -0.15) is 0 Å². The Balaban J connectivity index is 1.50. The lowest BCUT2D eigenvalue weighted by Gasteiger charge is -2.34. The van der Waals surface area contributed by atoms with E-state index in [1.54, 1.807) is 102 Å². The highest BCUT2D eigenvalue weighted by Gasteiger charge is 2.53. The van der Waals surface area contributed by atoms with Crippen LogP contribution in [0, 0.1) is 5.41 Å². The van der Waals surface area contributed by atoms with E-state index in [1.807, 2.05) is 6.07 Å². The largest absolute Gasteiger partial charge is 0.489 e. The van der Waals surface area contributed by atoms with Gasteiger partial charge in [0.25, 0.3) is 5.56 Å². The molecule has 5 rings (SSSR count). The van der Waals surface area contributed by atoms with Gasteiger partial charge in [-0.15, -0.1) is 5.10 Å². The van der Waals surface area contributed by atoms with Crippen LogP contribution >= 0.6 is 0 Å². The Morgan fingerprint density at radius 1 is 0.875 bits per heavy atom. The number of carbonyl (C=O) groups excluding carboxylic acids is 3. The molecule has 2 aromatic carbocycles. The summed E-state index contributed by atoms with van der Waals surface area (Å²) in [7, 11) is 0. The molecular weight excluding hydrogens is 618 g/mol. The van der Waals surface area contributed by atoms with Crippen LogP contribution in [0.15, 0.2) is 76.3 Å². The number of ether oxygens (including phenoxy) is 3. The highest BCUT2D eigenvalue weighted by atomic mass is 16.6. The summed E-state index contributed by atoms with van der Waals surface area (Å²) in [4.78, 5) is 59.5. The van der Waals surface area contributed by atoms with E-state index in [1.165, 1.54) is 0 Å². The number of esters is 2. The fraction of sp³-hybridized carbons (Fsp3) is 0.371. The lowest BCUT2D eigenvalue weighted by Crippen LogP contribution is -2.49. The Hall–Kier alpha value is -5.46. The highest BCUT2D eigenvalue weighted by Crippen LogP contribution is 2.37. The van der Waals surface area contributed by atoms with E-state index in [0.29, 0.717) is 22.0 Å². The number of benzene rings is 2. The summed E-state index contributed by atoms with van der Waals surface area (Å²) >= 11 is 0. The third-order valence-electron chi connectivity index (χ3n) is 7.26. The molecule has 0 aliphatic heterocycles. The number of fused-ring (bicyclic) bond motifs is 2. The van der Waals surface area contributed by atoms with Crippen LogP contribution in [-0.2, 0) is 32.2 Å². The lowest BCUT2D eigenvalue weighted by molar-refractivity contribution is -0.186. The monoisotopic (exact) mass is 655 g/mol. The molecule has 0 aliphatic rings. The van der Waals surface area contributed by atoms with E-state index in [9.17, 15) is 19.2 Å². The fourth-order valence-corrected chi connectivity index (χ4v) is 4.95. The van der Waals surface area contributed by atoms with Crippen molar-refractivity contribution in [1.29, 1.82) is 0 Å². The van der Waals surface area contributed by atoms with Gasteiger partial charge in [0.2, 0.25) is 0 Å². The van der Waals surface area contributed by atoms with Crippen molar-refractivity contribution in [1.82, 2.24) is 25.1 Å². The summed E-state index contributed by atoms with van der Waals surface area (Å²) in [6, 6.07) is 15.2. The molecule has 0 bridgehead atoms. The van der Waals surface area contributed by atoms with E-state index in [0.717, 1.165) is 10.2 Å². The first kappa shape index (κ1) is 33.9. The van der Waals surface area contributed by atoms with E-state index >= 15 is 0 Å². The quantitative estimate of drug-likeness (QED) is 0.103. The third kappa shape index (κ3) is 7.73. The van der Waals surface area contributed by atoms with Gasteiger partial charge in [-0.05, 0) is 78.3 Å². The molecule has 0 N–H and O–H groups in total. The van der Waals surface area contributed by atoms with Gasteiger partial charge in [0.05, 0.1) is 10.8 Å². The number of nitrogens with zero attached hydrogens (tertiary/aromatic N) is 5. The summed E-state index contributed by atoms with van der Waals surface area (Å²) in [5, 5.41) is 12.8. The zero-order chi connectivity index (χ0) is 34.7. The smallest absolute Gasteiger partial charge is 0.324 e. The molecule has 0 fully saturated rings. The number of hydrogen-bond acceptors (Lipinski definition) is 12. The normalized spacial score (nSPS) is 12.2. The van der Waals surface area contributed by atoms with Crippen LogP contribution in [0.25, 0.3) is 21.9 Å². The second-order valence-corrected chi connectivity index (χ2v) is 13.4. The predicted octanol–water partition coefficient (Wildman–Crippen LogP) is 5.24. The Labute approximate surface area is 276 Å². The molecule has 0 atom stereocenters. The highest BCUT2D eigenvalue weighted by molar-refractivity contribution is 6.11. The molecule has 0 saturated carbocycles. The molecule has 250 valence electrons. The van der Waals surface area contributed by atoms with Crippen molar-refractivity contribution in [2.75, 3.05) is 0 Å². The van der Waals surface area contributed by atoms with Crippen molar-refractivity contribution in [2.45, 2.75) is 78.7 Å². The van der Waals surface area contributed by atoms with Crippen molar-refractivity contribution in [3.05, 3.63) is 88.6 Å². The predicted molar refractivity (Wildman–Crippen MR) is 174 cm³/mol.